The molecule has 1 aromatic carbocycles. The summed E-state index contributed by atoms with van der Waals surface area (Å²) in [7, 11) is -3.07. The van der Waals surface area contributed by atoms with E-state index in [2.05, 4.69) is 15.6 Å². The van der Waals surface area contributed by atoms with Crippen LogP contribution in [0.2, 0.25) is 0 Å². The molecule has 0 bridgehead atoms. The maximum atomic E-state index is 11.6. The number of hydrogen-bond acceptors (Lipinski definition) is 4. The van der Waals surface area contributed by atoms with Gasteiger partial charge in [0.05, 0.1) is 19.4 Å². The Morgan fingerprint density at radius 1 is 1.22 bits per heavy atom. The van der Waals surface area contributed by atoms with Crippen LogP contribution in [-0.4, -0.2) is 57.7 Å². The van der Waals surface area contributed by atoms with Crippen molar-refractivity contribution in [1.82, 2.24) is 14.9 Å². The summed E-state index contributed by atoms with van der Waals surface area (Å²) in [6, 6.07) is 7.94. The Labute approximate surface area is 163 Å². The maximum Gasteiger partial charge on any atom is 0.211 e. The van der Waals surface area contributed by atoms with Crippen LogP contribution in [0.3, 0.4) is 0 Å². The number of nitrogens with one attached hydrogen (secondary N) is 2. The Morgan fingerprint density at radius 2 is 1.93 bits per heavy atom. The van der Waals surface area contributed by atoms with Gasteiger partial charge in [0.15, 0.2) is 5.96 Å². The first-order chi connectivity index (χ1) is 12.9. The van der Waals surface area contributed by atoms with E-state index in [1.807, 2.05) is 38.1 Å². The molecule has 1 aliphatic rings. The highest BCUT2D eigenvalue weighted by molar-refractivity contribution is 7.88. The van der Waals surface area contributed by atoms with E-state index in [1.165, 1.54) is 6.26 Å². The molecule has 1 fully saturated rings. The second-order valence-electron chi connectivity index (χ2n) is 6.72. The third-order valence-electron chi connectivity index (χ3n) is 4.62. The molecule has 1 saturated heterocycles. The van der Waals surface area contributed by atoms with Gasteiger partial charge in [-0.2, -0.15) is 0 Å². The van der Waals surface area contributed by atoms with Gasteiger partial charge >= 0.3 is 0 Å². The van der Waals surface area contributed by atoms with E-state index in [0.29, 0.717) is 32.2 Å². The van der Waals surface area contributed by atoms with Crippen LogP contribution in [-0.2, 0) is 16.6 Å². The number of benzene rings is 1. The van der Waals surface area contributed by atoms with Crippen molar-refractivity contribution in [2.75, 3.05) is 39.0 Å². The van der Waals surface area contributed by atoms with Gasteiger partial charge in [0, 0.05) is 31.7 Å². The average molecular weight is 397 g/mol. The van der Waals surface area contributed by atoms with Crippen molar-refractivity contribution in [3.8, 4) is 5.75 Å². The lowest BCUT2D eigenvalue weighted by Gasteiger charge is -2.30. The van der Waals surface area contributed by atoms with E-state index < -0.39 is 10.0 Å². The zero-order valence-corrected chi connectivity index (χ0v) is 17.4. The van der Waals surface area contributed by atoms with Gasteiger partial charge in [0.25, 0.3) is 0 Å². The fraction of sp³-hybridized carbons (Fsp3) is 0.632. The third kappa shape index (κ3) is 7.03. The van der Waals surface area contributed by atoms with Gasteiger partial charge in [-0.05, 0) is 38.7 Å². The summed E-state index contributed by atoms with van der Waals surface area (Å²) in [5, 5.41) is 6.66. The molecule has 0 atom stereocenters. The van der Waals surface area contributed by atoms with Crippen LogP contribution in [0.5, 0.6) is 5.75 Å². The predicted octanol–water partition coefficient (Wildman–Crippen LogP) is 1.81. The summed E-state index contributed by atoms with van der Waals surface area (Å²) in [6.07, 6.45) is 3.01. The van der Waals surface area contributed by atoms with Crippen LogP contribution in [0.25, 0.3) is 0 Å². The SMILES string of the molecule is CCNC(=NCc1ccccc1OCC)NCC1CCN(S(C)(=O)=O)CC1. The number of guanidine groups is 1. The van der Waals surface area contributed by atoms with E-state index in [1.54, 1.807) is 4.31 Å². The molecule has 7 nitrogen and oxygen atoms in total. The summed E-state index contributed by atoms with van der Waals surface area (Å²) in [5.74, 6) is 2.09. The van der Waals surface area contributed by atoms with Gasteiger partial charge in [-0.25, -0.2) is 17.7 Å². The normalized spacial score (nSPS) is 16.9. The monoisotopic (exact) mass is 396 g/mol. The number of rotatable bonds is 8. The van der Waals surface area contributed by atoms with E-state index >= 15 is 0 Å². The molecule has 0 radical (unpaired) electrons. The van der Waals surface area contributed by atoms with Gasteiger partial charge < -0.3 is 15.4 Å². The zero-order valence-electron chi connectivity index (χ0n) is 16.6. The number of ether oxygens (including phenoxy) is 1. The predicted molar refractivity (Wildman–Crippen MR) is 110 cm³/mol. The molecule has 2 rings (SSSR count). The molecule has 27 heavy (non-hydrogen) atoms. The fourth-order valence-electron chi connectivity index (χ4n) is 3.12. The van der Waals surface area contributed by atoms with Crippen molar-refractivity contribution in [3.05, 3.63) is 29.8 Å². The molecule has 0 aliphatic carbocycles. The van der Waals surface area contributed by atoms with Gasteiger partial charge in [-0.15, -0.1) is 0 Å². The molecule has 1 aromatic rings. The Hall–Kier alpha value is -1.80. The standard InChI is InChI=1S/C19H32N4O3S/c1-4-20-19(22-15-17-8-6-7-9-18(17)26-5-2)21-14-16-10-12-23(13-11-16)27(3,24)25/h6-9,16H,4-5,10-15H2,1-3H3,(H2,20,21,22). The Balaban J connectivity index is 1.89. The molecule has 0 aromatic heterocycles. The van der Waals surface area contributed by atoms with Crippen LogP contribution in [0.15, 0.2) is 29.3 Å². The first-order valence-electron chi connectivity index (χ1n) is 9.62. The third-order valence-corrected chi connectivity index (χ3v) is 5.93. The number of piperidine rings is 1. The van der Waals surface area contributed by atoms with Gasteiger partial charge in [0.1, 0.15) is 5.75 Å². The number of aliphatic imine (C=N–C) groups is 1. The zero-order chi connectivity index (χ0) is 19.7. The first kappa shape index (κ1) is 21.5. The van der Waals surface area contributed by atoms with Crippen molar-refractivity contribution in [1.29, 1.82) is 0 Å². The minimum Gasteiger partial charge on any atom is -0.494 e. The van der Waals surface area contributed by atoms with Gasteiger partial charge in [0.2, 0.25) is 10.0 Å². The maximum absolute atomic E-state index is 11.6. The second-order valence-corrected chi connectivity index (χ2v) is 8.70. The number of hydrogen-bond donors (Lipinski definition) is 2. The van der Waals surface area contributed by atoms with Crippen LogP contribution in [0.1, 0.15) is 32.3 Å². The van der Waals surface area contributed by atoms with Gasteiger partial charge in [-0.1, -0.05) is 18.2 Å². The fourth-order valence-corrected chi connectivity index (χ4v) is 4.00. The molecular weight excluding hydrogens is 364 g/mol. The molecule has 152 valence electrons. The van der Waals surface area contributed by atoms with Crippen molar-refractivity contribution in [2.45, 2.75) is 33.2 Å². The number of nitrogens with zero attached hydrogens (tertiary/aromatic N) is 2. The van der Waals surface area contributed by atoms with Crippen LogP contribution in [0.4, 0.5) is 0 Å². The van der Waals surface area contributed by atoms with Crippen molar-refractivity contribution < 1.29 is 13.2 Å². The molecule has 0 spiro atoms. The van der Waals surface area contributed by atoms with E-state index in [4.69, 9.17) is 4.74 Å². The Morgan fingerprint density at radius 3 is 2.56 bits per heavy atom. The van der Waals surface area contributed by atoms with Crippen LogP contribution < -0.4 is 15.4 Å². The summed E-state index contributed by atoms with van der Waals surface area (Å²) in [5.41, 5.74) is 1.05. The smallest absolute Gasteiger partial charge is 0.211 e. The van der Waals surface area contributed by atoms with Crippen LogP contribution in [0, 0.1) is 5.92 Å². The first-order valence-corrected chi connectivity index (χ1v) is 11.5. The van der Waals surface area contributed by atoms with Crippen molar-refractivity contribution in [3.63, 3.8) is 0 Å². The van der Waals surface area contributed by atoms with Crippen molar-refractivity contribution in [2.24, 2.45) is 10.9 Å². The minimum atomic E-state index is -3.07. The van der Waals surface area contributed by atoms with Gasteiger partial charge in [-0.3, -0.25) is 0 Å². The van der Waals surface area contributed by atoms with Crippen LogP contribution >= 0.6 is 0 Å². The molecule has 0 unspecified atom stereocenters. The lowest BCUT2D eigenvalue weighted by atomic mass is 9.98. The Kier molecular flexibility index (Phi) is 8.37. The van der Waals surface area contributed by atoms with E-state index in [-0.39, 0.29) is 0 Å². The molecular formula is C19H32N4O3S. The molecule has 0 saturated carbocycles. The lowest BCUT2D eigenvalue weighted by molar-refractivity contribution is 0.275. The lowest BCUT2D eigenvalue weighted by Crippen LogP contribution is -2.44. The topological polar surface area (TPSA) is 83.0 Å². The van der Waals surface area contributed by atoms with E-state index in [0.717, 1.165) is 43.2 Å². The minimum absolute atomic E-state index is 0.447. The summed E-state index contributed by atoms with van der Waals surface area (Å²) in [6.45, 7) is 7.95. The number of para-hydroxylation sites is 1. The highest BCUT2D eigenvalue weighted by Gasteiger charge is 2.24. The highest BCUT2D eigenvalue weighted by atomic mass is 32.2. The molecule has 2 N–H and O–H groups in total. The largest absolute Gasteiger partial charge is 0.494 e. The van der Waals surface area contributed by atoms with Crippen molar-refractivity contribution >= 4 is 16.0 Å². The average Bonchev–Trinajstić information content (AvgIpc) is 2.65. The Bertz CT molecular complexity index is 713. The number of sulfonamides is 1. The summed E-state index contributed by atoms with van der Waals surface area (Å²) >= 11 is 0. The quantitative estimate of drug-likeness (QED) is 0.517. The summed E-state index contributed by atoms with van der Waals surface area (Å²) in [4.78, 5) is 4.67. The molecule has 0 amide bonds. The molecule has 8 heteroatoms. The second kappa shape index (κ2) is 10.5. The molecule has 1 aliphatic heterocycles. The highest BCUT2D eigenvalue weighted by Crippen LogP contribution is 2.19. The summed E-state index contributed by atoms with van der Waals surface area (Å²) < 4.78 is 30.4. The van der Waals surface area contributed by atoms with E-state index in [9.17, 15) is 8.42 Å². The molecule has 1 heterocycles.